The molecule has 1 aromatic carbocycles. The number of likely N-dealkylation sites (N-methyl/N-ethyl adjacent to an activating group) is 1. The van der Waals surface area contributed by atoms with Gasteiger partial charge in [0.05, 0.1) is 49.7 Å². The number of piperazine rings is 1. The van der Waals surface area contributed by atoms with E-state index in [0.29, 0.717) is 53.5 Å². The Labute approximate surface area is 228 Å². The van der Waals surface area contributed by atoms with Gasteiger partial charge in [-0.15, -0.1) is 0 Å². The van der Waals surface area contributed by atoms with Crippen LogP contribution in [0, 0.1) is 0 Å². The summed E-state index contributed by atoms with van der Waals surface area (Å²) in [6, 6.07) is 5.65. The molecule has 2 fully saturated rings. The molecule has 2 saturated heterocycles. The van der Waals surface area contributed by atoms with Crippen molar-refractivity contribution in [3.8, 4) is 17.2 Å². The average molecular weight is 543 g/mol. The number of hydrogen-bond acceptors (Lipinski definition) is 10. The van der Waals surface area contributed by atoms with Gasteiger partial charge in [0.1, 0.15) is 35.5 Å². The summed E-state index contributed by atoms with van der Waals surface area (Å²) >= 11 is 6.37. The number of aromatic nitrogens is 3. The minimum absolute atomic E-state index is 0.0366. The van der Waals surface area contributed by atoms with Gasteiger partial charge in [0.25, 0.3) is 0 Å². The van der Waals surface area contributed by atoms with Crippen LogP contribution in [0.1, 0.15) is 19.3 Å². The van der Waals surface area contributed by atoms with Gasteiger partial charge in [-0.05, 0) is 13.5 Å². The Morgan fingerprint density at radius 1 is 1.05 bits per heavy atom. The first-order valence-corrected chi connectivity index (χ1v) is 13.5. The van der Waals surface area contributed by atoms with E-state index in [-0.39, 0.29) is 6.10 Å². The van der Waals surface area contributed by atoms with Crippen molar-refractivity contribution in [3.05, 3.63) is 35.9 Å². The first kappa shape index (κ1) is 26.7. The molecule has 204 valence electrons. The predicted molar refractivity (Wildman–Crippen MR) is 147 cm³/mol. The molecule has 1 N–H and O–H groups in total. The average Bonchev–Trinajstić information content (AvgIpc) is 2.94. The zero-order chi connectivity index (χ0) is 26.3. The number of benzene rings is 1. The van der Waals surface area contributed by atoms with E-state index in [1.54, 1.807) is 19.4 Å². The predicted octanol–water partition coefficient (Wildman–Crippen LogP) is 4.00. The Morgan fingerprint density at radius 3 is 2.66 bits per heavy atom. The largest absolute Gasteiger partial charge is 0.495 e. The van der Waals surface area contributed by atoms with Crippen molar-refractivity contribution in [1.29, 1.82) is 0 Å². The van der Waals surface area contributed by atoms with Gasteiger partial charge in [-0.3, -0.25) is 0 Å². The Kier molecular flexibility index (Phi) is 8.95. The minimum atomic E-state index is 0.0366. The molecule has 0 amide bonds. The number of methoxy groups -OCH3 is 1. The van der Waals surface area contributed by atoms with Crippen LogP contribution in [0.5, 0.6) is 17.2 Å². The molecule has 11 heteroatoms. The van der Waals surface area contributed by atoms with E-state index in [9.17, 15) is 0 Å². The summed E-state index contributed by atoms with van der Waals surface area (Å²) in [5, 5.41) is 4.36. The number of hydrogen-bond donors (Lipinski definition) is 1. The summed E-state index contributed by atoms with van der Waals surface area (Å²) in [4.78, 5) is 18.1. The van der Waals surface area contributed by atoms with Gasteiger partial charge >= 0.3 is 0 Å². The molecule has 10 nitrogen and oxygen atoms in total. The van der Waals surface area contributed by atoms with E-state index < -0.39 is 0 Å². The molecule has 2 aromatic heterocycles. The lowest BCUT2D eigenvalue weighted by molar-refractivity contribution is 0.0261. The maximum Gasteiger partial charge on any atom is 0.152 e. The molecule has 0 radical (unpaired) electrons. The summed E-state index contributed by atoms with van der Waals surface area (Å²) < 4.78 is 23.5. The zero-order valence-electron chi connectivity index (χ0n) is 22.0. The van der Waals surface area contributed by atoms with Crippen LogP contribution in [0.4, 0.5) is 11.5 Å². The highest BCUT2D eigenvalue weighted by atomic mass is 35.5. The van der Waals surface area contributed by atoms with E-state index in [2.05, 4.69) is 37.1 Å². The fourth-order valence-electron chi connectivity index (χ4n) is 4.68. The number of anilines is 2. The monoisotopic (exact) mass is 542 g/mol. The van der Waals surface area contributed by atoms with Crippen LogP contribution in [0.25, 0.3) is 10.9 Å². The molecule has 0 aliphatic carbocycles. The fraction of sp³-hybridized carbons (Fsp3) is 0.519. The van der Waals surface area contributed by atoms with Crippen LogP contribution in [0.3, 0.4) is 0 Å². The zero-order valence-corrected chi connectivity index (χ0v) is 22.7. The molecule has 0 bridgehead atoms. The number of rotatable bonds is 10. The molecule has 2 aliphatic rings. The quantitative estimate of drug-likeness (QED) is 0.299. The second kappa shape index (κ2) is 12.8. The standard InChI is InChI=1S/C27H35ClN6O4/c1-33-7-9-34(10-8-33)6-3-11-37-20-14-22-25(24(16-20)38-19-4-12-36-13-5-19)27(31-18-30-22)32-23-15-21(35-2)17-29-26(23)28/h14-19H,3-13H2,1-2H3,(H,30,31,32). The molecule has 2 aliphatic heterocycles. The maximum atomic E-state index is 6.51. The Bertz CT molecular complexity index is 1220. The highest BCUT2D eigenvalue weighted by molar-refractivity contribution is 6.32. The summed E-state index contributed by atoms with van der Waals surface area (Å²) in [6.45, 7) is 7.45. The van der Waals surface area contributed by atoms with Crippen LogP contribution in [-0.2, 0) is 4.74 Å². The molecule has 0 atom stereocenters. The van der Waals surface area contributed by atoms with Crippen molar-refractivity contribution in [2.45, 2.75) is 25.4 Å². The summed E-state index contributed by atoms with van der Waals surface area (Å²) in [5.74, 6) is 2.54. The second-order valence-electron chi connectivity index (χ2n) is 9.65. The van der Waals surface area contributed by atoms with Crippen LogP contribution in [0.2, 0.25) is 5.15 Å². The lowest BCUT2D eigenvalue weighted by Gasteiger charge is -2.32. The number of pyridine rings is 1. The summed E-state index contributed by atoms with van der Waals surface area (Å²) in [6.07, 6.45) is 5.71. The van der Waals surface area contributed by atoms with Crippen molar-refractivity contribution >= 4 is 34.0 Å². The number of fused-ring (bicyclic) bond motifs is 1. The van der Waals surface area contributed by atoms with Gasteiger partial charge in [0.15, 0.2) is 5.15 Å². The second-order valence-corrected chi connectivity index (χ2v) is 10.0. The summed E-state index contributed by atoms with van der Waals surface area (Å²) in [7, 11) is 3.76. The van der Waals surface area contributed by atoms with Crippen LogP contribution in [0.15, 0.2) is 30.7 Å². The van der Waals surface area contributed by atoms with Crippen LogP contribution >= 0.6 is 11.6 Å². The molecular weight excluding hydrogens is 508 g/mol. The van der Waals surface area contributed by atoms with E-state index in [0.717, 1.165) is 63.1 Å². The number of ether oxygens (including phenoxy) is 4. The molecule has 5 rings (SSSR count). The van der Waals surface area contributed by atoms with Crippen molar-refractivity contribution < 1.29 is 18.9 Å². The van der Waals surface area contributed by atoms with Gasteiger partial charge in [0.2, 0.25) is 0 Å². The van der Waals surface area contributed by atoms with Gasteiger partial charge in [-0.25, -0.2) is 15.0 Å². The summed E-state index contributed by atoms with van der Waals surface area (Å²) in [5.41, 5.74) is 1.29. The van der Waals surface area contributed by atoms with Crippen molar-refractivity contribution in [3.63, 3.8) is 0 Å². The number of nitrogens with one attached hydrogen (secondary N) is 1. The SMILES string of the molecule is COc1cnc(Cl)c(Nc2ncnc3cc(OCCCN4CCN(C)CC4)cc(OC4CCOCC4)c23)c1. The van der Waals surface area contributed by atoms with Crippen LogP contribution < -0.4 is 19.5 Å². The smallest absolute Gasteiger partial charge is 0.152 e. The lowest BCUT2D eigenvalue weighted by atomic mass is 10.1. The molecule has 4 heterocycles. The van der Waals surface area contributed by atoms with E-state index >= 15 is 0 Å². The van der Waals surface area contributed by atoms with Crippen molar-refractivity contribution in [2.75, 3.05) is 72.0 Å². The fourth-order valence-corrected chi connectivity index (χ4v) is 4.83. The number of nitrogens with zero attached hydrogens (tertiary/aromatic N) is 5. The normalized spacial score (nSPS) is 17.4. The molecule has 38 heavy (non-hydrogen) atoms. The Morgan fingerprint density at radius 2 is 1.87 bits per heavy atom. The first-order chi connectivity index (χ1) is 18.6. The third-order valence-electron chi connectivity index (χ3n) is 6.92. The van der Waals surface area contributed by atoms with Gasteiger partial charge in [-0.1, -0.05) is 11.6 Å². The highest BCUT2D eigenvalue weighted by Crippen LogP contribution is 2.38. The molecule has 0 unspecified atom stereocenters. The highest BCUT2D eigenvalue weighted by Gasteiger charge is 2.21. The third-order valence-corrected chi connectivity index (χ3v) is 7.22. The maximum absolute atomic E-state index is 6.51. The Hall–Kier alpha value is -2.92. The first-order valence-electron chi connectivity index (χ1n) is 13.1. The van der Waals surface area contributed by atoms with Crippen LogP contribution in [-0.4, -0.2) is 97.6 Å². The Balaban J connectivity index is 1.37. The van der Waals surface area contributed by atoms with Gasteiger partial charge < -0.3 is 34.1 Å². The van der Waals surface area contributed by atoms with Crippen molar-refractivity contribution in [1.82, 2.24) is 24.8 Å². The molecule has 0 saturated carbocycles. The van der Waals surface area contributed by atoms with E-state index in [4.69, 9.17) is 30.5 Å². The third kappa shape index (κ3) is 6.74. The van der Waals surface area contributed by atoms with Gasteiger partial charge in [-0.2, -0.15) is 0 Å². The molecular formula is C27H35ClN6O4. The topological polar surface area (TPSA) is 94.1 Å². The lowest BCUT2D eigenvalue weighted by Crippen LogP contribution is -2.44. The molecule has 3 aromatic rings. The van der Waals surface area contributed by atoms with E-state index in [1.165, 1.54) is 6.33 Å². The minimum Gasteiger partial charge on any atom is -0.495 e. The molecule has 0 spiro atoms. The number of halogens is 1. The van der Waals surface area contributed by atoms with Crippen molar-refractivity contribution in [2.24, 2.45) is 0 Å². The van der Waals surface area contributed by atoms with Gasteiger partial charge in [0, 0.05) is 63.8 Å². The van der Waals surface area contributed by atoms with E-state index in [1.807, 2.05) is 12.1 Å².